The van der Waals surface area contributed by atoms with E-state index in [0.717, 1.165) is 23.6 Å². The lowest BCUT2D eigenvalue weighted by Gasteiger charge is -2.06. The van der Waals surface area contributed by atoms with Gasteiger partial charge in [0.05, 0.1) is 11.4 Å². The standard InChI is InChI=1S/C13H15N7/c1-10-11(8-19(2)16-10)7-14-12-3-5-13(6-4-12)20-9-15-17-18-20/h3-6,8-9,14H,7H2,1-2H3. The van der Waals surface area contributed by atoms with Crippen LogP contribution in [0.2, 0.25) is 0 Å². The van der Waals surface area contributed by atoms with Gasteiger partial charge in [-0.05, 0) is 41.6 Å². The van der Waals surface area contributed by atoms with E-state index in [1.54, 1.807) is 11.0 Å². The zero-order valence-electron chi connectivity index (χ0n) is 11.4. The van der Waals surface area contributed by atoms with Crippen LogP contribution in [0.25, 0.3) is 5.69 Å². The molecule has 0 atom stereocenters. The number of aromatic nitrogens is 6. The molecule has 1 N–H and O–H groups in total. The fourth-order valence-corrected chi connectivity index (χ4v) is 2.03. The number of nitrogens with zero attached hydrogens (tertiary/aromatic N) is 6. The molecule has 0 radical (unpaired) electrons. The van der Waals surface area contributed by atoms with Gasteiger partial charge >= 0.3 is 0 Å². The van der Waals surface area contributed by atoms with Crippen LogP contribution < -0.4 is 5.32 Å². The van der Waals surface area contributed by atoms with Gasteiger partial charge in [0.1, 0.15) is 6.33 Å². The van der Waals surface area contributed by atoms with E-state index in [1.807, 2.05) is 49.1 Å². The average molecular weight is 269 g/mol. The first-order valence-corrected chi connectivity index (χ1v) is 6.29. The van der Waals surface area contributed by atoms with Gasteiger partial charge in [0, 0.05) is 31.0 Å². The second kappa shape index (κ2) is 5.12. The summed E-state index contributed by atoms with van der Waals surface area (Å²) < 4.78 is 3.45. The molecule has 0 unspecified atom stereocenters. The molecule has 2 aromatic heterocycles. The van der Waals surface area contributed by atoms with E-state index in [9.17, 15) is 0 Å². The zero-order valence-corrected chi connectivity index (χ0v) is 11.4. The molecular formula is C13H15N7. The van der Waals surface area contributed by atoms with Crippen molar-refractivity contribution in [2.45, 2.75) is 13.5 Å². The van der Waals surface area contributed by atoms with Crippen LogP contribution in [0.4, 0.5) is 5.69 Å². The van der Waals surface area contributed by atoms with Crippen LogP contribution in [0.1, 0.15) is 11.3 Å². The Hall–Kier alpha value is -2.70. The Kier molecular flexibility index (Phi) is 3.16. The first kappa shape index (κ1) is 12.3. The van der Waals surface area contributed by atoms with Gasteiger partial charge in [-0.25, -0.2) is 4.68 Å². The van der Waals surface area contributed by atoms with E-state index in [-0.39, 0.29) is 0 Å². The summed E-state index contributed by atoms with van der Waals surface area (Å²) in [5.74, 6) is 0. The summed E-state index contributed by atoms with van der Waals surface area (Å²) in [5.41, 5.74) is 4.21. The van der Waals surface area contributed by atoms with Crippen molar-refractivity contribution in [2.24, 2.45) is 7.05 Å². The molecule has 0 fully saturated rings. The maximum Gasteiger partial charge on any atom is 0.143 e. The molecular weight excluding hydrogens is 254 g/mol. The number of benzene rings is 1. The van der Waals surface area contributed by atoms with E-state index in [0.29, 0.717) is 0 Å². The van der Waals surface area contributed by atoms with E-state index in [1.165, 1.54) is 5.56 Å². The molecule has 2 heterocycles. The number of hydrogen-bond donors (Lipinski definition) is 1. The van der Waals surface area contributed by atoms with Crippen LogP contribution in [0.3, 0.4) is 0 Å². The molecule has 0 saturated heterocycles. The fraction of sp³-hybridized carbons (Fsp3) is 0.231. The third-order valence-electron chi connectivity index (χ3n) is 3.08. The molecule has 0 amide bonds. The summed E-state index contributed by atoms with van der Waals surface area (Å²) in [7, 11) is 1.93. The first-order chi connectivity index (χ1) is 9.72. The third-order valence-corrected chi connectivity index (χ3v) is 3.08. The van der Waals surface area contributed by atoms with Crippen molar-refractivity contribution in [1.82, 2.24) is 30.0 Å². The minimum absolute atomic E-state index is 0.754. The van der Waals surface area contributed by atoms with Crippen LogP contribution in [0.5, 0.6) is 0 Å². The average Bonchev–Trinajstić information content (AvgIpc) is 3.07. The Morgan fingerprint density at radius 3 is 2.60 bits per heavy atom. The summed E-state index contributed by atoms with van der Waals surface area (Å²) in [6.45, 7) is 2.77. The Balaban J connectivity index is 1.68. The van der Waals surface area contributed by atoms with Gasteiger partial charge in [-0.15, -0.1) is 5.10 Å². The maximum atomic E-state index is 4.32. The zero-order chi connectivity index (χ0) is 13.9. The van der Waals surface area contributed by atoms with Gasteiger partial charge in [0.15, 0.2) is 0 Å². The molecule has 20 heavy (non-hydrogen) atoms. The number of anilines is 1. The summed E-state index contributed by atoms with van der Waals surface area (Å²) in [5, 5.41) is 18.8. The minimum atomic E-state index is 0.754. The van der Waals surface area contributed by atoms with Crippen LogP contribution in [0.15, 0.2) is 36.8 Å². The van der Waals surface area contributed by atoms with E-state index < -0.39 is 0 Å². The molecule has 7 nitrogen and oxygen atoms in total. The van der Waals surface area contributed by atoms with E-state index >= 15 is 0 Å². The van der Waals surface area contributed by atoms with Crippen molar-refractivity contribution in [2.75, 3.05) is 5.32 Å². The summed E-state index contributed by atoms with van der Waals surface area (Å²) in [6, 6.07) is 7.94. The molecule has 0 saturated carbocycles. The predicted molar refractivity (Wildman–Crippen MR) is 74.4 cm³/mol. The maximum absolute atomic E-state index is 4.32. The number of rotatable bonds is 4. The Bertz CT molecular complexity index is 682. The SMILES string of the molecule is Cc1nn(C)cc1CNc1ccc(-n2cnnn2)cc1. The van der Waals surface area contributed by atoms with Crippen LogP contribution in [0, 0.1) is 6.92 Å². The molecule has 0 aliphatic carbocycles. The lowest BCUT2D eigenvalue weighted by atomic mass is 10.2. The summed E-state index contributed by atoms with van der Waals surface area (Å²) >= 11 is 0. The normalized spacial score (nSPS) is 10.7. The van der Waals surface area contributed by atoms with Crippen LogP contribution in [-0.2, 0) is 13.6 Å². The van der Waals surface area contributed by atoms with Crippen molar-refractivity contribution in [3.8, 4) is 5.69 Å². The van der Waals surface area contributed by atoms with Crippen molar-refractivity contribution >= 4 is 5.69 Å². The quantitative estimate of drug-likeness (QED) is 0.773. The Morgan fingerprint density at radius 1 is 1.20 bits per heavy atom. The summed E-state index contributed by atoms with van der Waals surface area (Å²) in [6.07, 6.45) is 3.60. The molecule has 0 aliphatic heterocycles. The fourth-order valence-electron chi connectivity index (χ4n) is 2.03. The molecule has 0 spiro atoms. The molecule has 7 heteroatoms. The Morgan fingerprint density at radius 2 is 2.00 bits per heavy atom. The van der Waals surface area contributed by atoms with Gasteiger partial charge < -0.3 is 5.32 Å². The molecule has 102 valence electrons. The molecule has 0 bridgehead atoms. The minimum Gasteiger partial charge on any atom is -0.381 e. The lowest BCUT2D eigenvalue weighted by Crippen LogP contribution is -2.00. The van der Waals surface area contributed by atoms with Crippen LogP contribution in [-0.4, -0.2) is 30.0 Å². The highest BCUT2D eigenvalue weighted by molar-refractivity contribution is 5.48. The van der Waals surface area contributed by atoms with Gasteiger partial charge in [0.25, 0.3) is 0 Å². The smallest absolute Gasteiger partial charge is 0.143 e. The highest BCUT2D eigenvalue weighted by Crippen LogP contribution is 2.14. The topological polar surface area (TPSA) is 73.5 Å². The molecule has 0 aliphatic rings. The second-order valence-electron chi connectivity index (χ2n) is 4.57. The lowest BCUT2D eigenvalue weighted by molar-refractivity contribution is 0.756. The van der Waals surface area contributed by atoms with Gasteiger partial charge in [-0.2, -0.15) is 5.10 Å². The van der Waals surface area contributed by atoms with Crippen LogP contribution >= 0.6 is 0 Å². The van der Waals surface area contributed by atoms with Gasteiger partial charge in [-0.1, -0.05) is 0 Å². The Labute approximate surface area is 116 Å². The largest absolute Gasteiger partial charge is 0.381 e. The summed E-state index contributed by atoms with van der Waals surface area (Å²) in [4.78, 5) is 0. The van der Waals surface area contributed by atoms with E-state index in [2.05, 4.69) is 25.9 Å². The highest BCUT2D eigenvalue weighted by atomic mass is 15.5. The molecule has 1 aromatic carbocycles. The number of nitrogens with one attached hydrogen (secondary N) is 1. The van der Waals surface area contributed by atoms with Crippen molar-refractivity contribution in [3.05, 3.63) is 48.0 Å². The van der Waals surface area contributed by atoms with Crippen molar-refractivity contribution in [1.29, 1.82) is 0 Å². The first-order valence-electron chi connectivity index (χ1n) is 6.29. The van der Waals surface area contributed by atoms with Crippen molar-refractivity contribution in [3.63, 3.8) is 0 Å². The van der Waals surface area contributed by atoms with E-state index in [4.69, 9.17) is 0 Å². The number of aryl methyl sites for hydroxylation is 2. The monoisotopic (exact) mass is 269 g/mol. The van der Waals surface area contributed by atoms with Gasteiger partial charge in [-0.3, -0.25) is 4.68 Å². The predicted octanol–water partition coefficient (Wildman–Crippen LogP) is 1.32. The highest BCUT2D eigenvalue weighted by Gasteiger charge is 2.03. The van der Waals surface area contributed by atoms with Gasteiger partial charge in [0.2, 0.25) is 0 Å². The number of tetrazole rings is 1. The number of hydrogen-bond acceptors (Lipinski definition) is 5. The molecule has 3 aromatic rings. The third kappa shape index (κ3) is 2.51. The second-order valence-corrected chi connectivity index (χ2v) is 4.57. The molecule has 3 rings (SSSR count). The van der Waals surface area contributed by atoms with Crippen molar-refractivity contribution < 1.29 is 0 Å².